The van der Waals surface area contributed by atoms with Gasteiger partial charge in [-0.2, -0.15) is 0 Å². The topological polar surface area (TPSA) is 94.3 Å². The summed E-state index contributed by atoms with van der Waals surface area (Å²) in [5.41, 5.74) is 9.21. The number of halogens is 1. The van der Waals surface area contributed by atoms with Gasteiger partial charge in [-0.05, 0) is 67.1 Å². The number of aromatic nitrogens is 1. The van der Waals surface area contributed by atoms with Crippen LogP contribution in [-0.2, 0) is 4.79 Å². The normalized spacial score (nSPS) is 10.8. The number of thiazole rings is 1. The van der Waals surface area contributed by atoms with E-state index in [0.29, 0.717) is 10.7 Å². The number of hydrogen-bond donors (Lipinski definition) is 2. The highest BCUT2D eigenvalue weighted by atomic mass is 35.5. The first-order valence-electron chi connectivity index (χ1n) is 9.39. The van der Waals surface area contributed by atoms with Crippen molar-refractivity contribution in [1.29, 1.82) is 0 Å². The lowest BCUT2D eigenvalue weighted by atomic mass is 10.2. The summed E-state index contributed by atoms with van der Waals surface area (Å²) in [7, 11) is 0. The first kappa shape index (κ1) is 20.8. The summed E-state index contributed by atoms with van der Waals surface area (Å²) in [5.74, 6) is -0.847. The largest absolute Gasteiger partial charge is 0.483 e. The van der Waals surface area contributed by atoms with Crippen molar-refractivity contribution in [1.82, 2.24) is 4.98 Å². The van der Waals surface area contributed by atoms with E-state index in [2.05, 4.69) is 23.3 Å². The van der Waals surface area contributed by atoms with Crippen molar-refractivity contribution in [3.05, 3.63) is 76.8 Å². The lowest BCUT2D eigenvalue weighted by Gasteiger charge is -2.10. The van der Waals surface area contributed by atoms with Gasteiger partial charge in [-0.3, -0.25) is 9.59 Å². The monoisotopic (exact) mass is 451 g/mol. The highest BCUT2D eigenvalue weighted by Gasteiger charge is 2.12. The molecule has 156 valence electrons. The molecule has 0 aliphatic heterocycles. The van der Waals surface area contributed by atoms with E-state index in [9.17, 15) is 9.59 Å². The molecule has 0 unspecified atom stereocenters. The highest BCUT2D eigenvalue weighted by Crippen LogP contribution is 2.31. The van der Waals surface area contributed by atoms with E-state index >= 15 is 0 Å². The summed E-state index contributed by atoms with van der Waals surface area (Å²) in [4.78, 5) is 28.4. The number of nitrogens with zero attached hydrogens (tertiary/aromatic N) is 1. The van der Waals surface area contributed by atoms with Crippen molar-refractivity contribution in [2.45, 2.75) is 6.92 Å². The van der Waals surface area contributed by atoms with Crippen LogP contribution in [0, 0.1) is 6.92 Å². The first-order chi connectivity index (χ1) is 14.9. The highest BCUT2D eigenvalue weighted by molar-refractivity contribution is 7.21. The standard InChI is InChI=1S/C23H18ClN3O3S/c1-13-2-8-18-20(10-13)31-23(27-18)14-3-6-16(7-4-14)26-21(28)12-30-19-9-5-15(24)11-17(19)22(25)29/h2-11H,12H2,1H3,(H2,25,29)(H,26,28). The van der Waals surface area contributed by atoms with E-state index in [1.165, 1.54) is 17.7 Å². The Labute approximate surface area is 187 Å². The number of anilines is 1. The molecule has 8 heteroatoms. The predicted molar refractivity (Wildman–Crippen MR) is 124 cm³/mol. The molecule has 0 aliphatic carbocycles. The molecule has 0 radical (unpaired) electrons. The lowest BCUT2D eigenvalue weighted by molar-refractivity contribution is -0.118. The van der Waals surface area contributed by atoms with Crippen LogP contribution in [0.5, 0.6) is 5.75 Å². The summed E-state index contributed by atoms with van der Waals surface area (Å²) in [6.07, 6.45) is 0. The number of rotatable bonds is 6. The maximum atomic E-state index is 12.2. The maximum absolute atomic E-state index is 12.2. The molecule has 3 N–H and O–H groups in total. The van der Waals surface area contributed by atoms with Crippen LogP contribution in [0.2, 0.25) is 5.02 Å². The average Bonchev–Trinajstić information content (AvgIpc) is 3.16. The molecule has 0 bridgehead atoms. The second kappa shape index (κ2) is 8.75. The third kappa shape index (κ3) is 4.84. The van der Waals surface area contributed by atoms with Gasteiger partial charge in [-0.15, -0.1) is 11.3 Å². The van der Waals surface area contributed by atoms with Crippen LogP contribution in [0.15, 0.2) is 60.7 Å². The minimum atomic E-state index is -0.682. The minimum absolute atomic E-state index is 0.121. The molecular weight excluding hydrogens is 434 g/mol. The quantitative estimate of drug-likeness (QED) is 0.429. The Morgan fingerprint density at radius 3 is 2.61 bits per heavy atom. The fraction of sp³-hybridized carbons (Fsp3) is 0.0870. The summed E-state index contributed by atoms with van der Waals surface area (Å²) < 4.78 is 6.58. The van der Waals surface area contributed by atoms with Crippen LogP contribution in [0.1, 0.15) is 15.9 Å². The number of carbonyl (C=O) groups excluding carboxylic acids is 2. The molecule has 0 spiro atoms. The Bertz CT molecular complexity index is 1290. The summed E-state index contributed by atoms with van der Waals surface area (Å²) in [6, 6.07) is 18.1. The van der Waals surface area contributed by atoms with Crippen molar-refractivity contribution in [3.8, 4) is 16.3 Å². The number of primary amides is 1. The Hall–Kier alpha value is -3.42. The van der Waals surface area contributed by atoms with Crippen LogP contribution < -0.4 is 15.8 Å². The Kier molecular flexibility index (Phi) is 5.88. The van der Waals surface area contributed by atoms with Gasteiger partial charge in [0.25, 0.3) is 11.8 Å². The molecule has 1 heterocycles. The zero-order valence-electron chi connectivity index (χ0n) is 16.5. The van der Waals surface area contributed by atoms with Gasteiger partial charge in [0.05, 0.1) is 15.8 Å². The van der Waals surface area contributed by atoms with Crippen LogP contribution in [-0.4, -0.2) is 23.4 Å². The Morgan fingerprint density at radius 2 is 1.87 bits per heavy atom. The Morgan fingerprint density at radius 1 is 1.10 bits per heavy atom. The van der Waals surface area contributed by atoms with E-state index in [0.717, 1.165) is 20.8 Å². The van der Waals surface area contributed by atoms with Gasteiger partial charge in [0.2, 0.25) is 0 Å². The fourth-order valence-electron chi connectivity index (χ4n) is 3.01. The molecule has 2 amide bonds. The van der Waals surface area contributed by atoms with Crippen molar-refractivity contribution in [2.75, 3.05) is 11.9 Å². The summed E-state index contributed by atoms with van der Waals surface area (Å²) >= 11 is 7.50. The van der Waals surface area contributed by atoms with E-state index < -0.39 is 5.91 Å². The molecule has 0 fully saturated rings. The SMILES string of the molecule is Cc1ccc2nc(-c3ccc(NC(=O)COc4ccc(Cl)cc4C(N)=O)cc3)sc2c1. The molecule has 4 rings (SSSR count). The number of ether oxygens (including phenoxy) is 1. The maximum Gasteiger partial charge on any atom is 0.262 e. The molecule has 0 atom stereocenters. The zero-order chi connectivity index (χ0) is 22.0. The molecule has 0 aliphatic rings. The van der Waals surface area contributed by atoms with Crippen molar-refractivity contribution in [3.63, 3.8) is 0 Å². The van der Waals surface area contributed by atoms with Gasteiger partial charge in [-0.1, -0.05) is 17.7 Å². The smallest absolute Gasteiger partial charge is 0.262 e. The molecule has 6 nitrogen and oxygen atoms in total. The molecular formula is C23H18ClN3O3S. The number of nitrogens with two attached hydrogens (primary N) is 1. The van der Waals surface area contributed by atoms with Gasteiger partial charge >= 0.3 is 0 Å². The summed E-state index contributed by atoms with van der Waals surface area (Å²) in [6.45, 7) is 1.78. The molecule has 4 aromatic rings. The van der Waals surface area contributed by atoms with Crippen LogP contribution in [0.25, 0.3) is 20.8 Å². The van der Waals surface area contributed by atoms with Gasteiger partial charge in [0, 0.05) is 16.3 Å². The number of fused-ring (bicyclic) bond motifs is 1. The van der Waals surface area contributed by atoms with Gasteiger partial charge in [-0.25, -0.2) is 4.98 Å². The summed E-state index contributed by atoms with van der Waals surface area (Å²) in [5, 5.41) is 4.04. The lowest BCUT2D eigenvalue weighted by Crippen LogP contribution is -2.21. The van der Waals surface area contributed by atoms with Crippen molar-refractivity contribution >= 4 is 50.7 Å². The zero-order valence-corrected chi connectivity index (χ0v) is 18.1. The molecule has 0 saturated heterocycles. The number of aryl methyl sites for hydroxylation is 1. The average molecular weight is 452 g/mol. The number of nitrogens with one attached hydrogen (secondary N) is 1. The first-order valence-corrected chi connectivity index (χ1v) is 10.6. The minimum Gasteiger partial charge on any atom is -0.483 e. The number of benzene rings is 3. The van der Waals surface area contributed by atoms with E-state index in [1.54, 1.807) is 17.4 Å². The van der Waals surface area contributed by atoms with Crippen LogP contribution >= 0.6 is 22.9 Å². The van der Waals surface area contributed by atoms with Gasteiger partial charge in [0.15, 0.2) is 6.61 Å². The Balaban J connectivity index is 1.41. The second-order valence-electron chi connectivity index (χ2n) is 6.91. The molecule has 3 aromatic carbocycles. The third-order valence-corrected chi connectivity index (χ3v) is 5.83. The number of hydrogen-bond acceptors (Lipinski definition) is 5. The van der Waals surface area contributed by atoms with Gasteiger partial charge in [0.1, 0.15) is 10.8 Å². The molecule has 31 heavy (non-hydrogen) atoms. The van der Waals surface area contributed by atoms with E-state index in [1.807, 2.05) is 36.4 Å². The second-order valence-corrected chi connectivity index (χ2v) is 8.38. The number of amides is 2. The van der Waals surface area contributed by atoms with Crippen LogP contribution in [0.3, 0.4) is 0 Å². The fourth-order valence-corrected chi connectivity index (χ4v) is 4.25. The van der Waals surface area contributed by atoms with Crippen LogP contribution in [0.4, 0.5) is 5.69 Å². The van der Waals surface area contributed by atoms with Crippen molar-refractivity contribution in [2.24, 2.45) is 5.73 Å². The molecule has 0 saturated carbocycles. The van der Waals surface area contributed by atoms with E-state index in [4.69, 9.17) is 22.1 Å². The van der Waals surface area contributed by atoms with E-state index in [-0.39, 0.29) is 23.8 Å². The predicted octanol–water partition coefficient (Wildman–Crippen LogP) is 5.04. The number of carbonyl (C=O) groups is 2. The van der Waals surface area contributed by atoms with Crippen molar-refractivity contribution < 1.29 is 14.3 Å². The molecule has 1 aromatic heterocycles. The third-order valence-electron chi connectivity index (χ3n) is 4.53. The van der Waals surface area contributed by atoms with Gasteiger partial charge < -0.3 is 15.8 Å².